The Kier molecular flexibility index (Phi) is 7.48. The fourth-order valence-electron chi connectivity index (χ4n) is 2.43. The molecule has 0 spiro atoms. The third kappa shape index (κ3) is 4.84. The maximum Gasteiger partial charge on any atom is 0.355 e. The molecule has 134 valence electrons. The number of hydrogen-bond donors (Lipinski definition) is 2. The molecule has 0 bridgehead atoms. The van der Waals surface area contributed by atoms with Crippen molar-refractivity contribution < 1.29 is 23.9 Å². The van der Waals surface area contributed by atoms with E-state index in [1.54, 1.807) is 20.8 Å². The summed E-state index contributed by atoms with van der Waals surface area (Å²) in [5, 5.41) is 2.79. The van der Waals surface area contributed by atoms with E-state index >= 15 is 0 Å². The van der Waals surface area contributed by atoms with Crippen LogP contribution >= 0.6 is 0 Å². The third-order valence-electron chi connectivity index (χ3n) is 3.81. The SMILES string of the molecule is CCOC(=O)c1[nH]c(C)c(C(=O)OCC(=O)NC(CC)CC)c1C. The highest BCUT2D eigenvalue weighted by molar-refractivity contribution is 5.99. The fourth-order valence-corrected chi connectivity index (χ4v) is 2.43. The number of aromatic amines is 1. The van der Waals surface area contributed by atoms with Gasteiger partial charge in [0.25, 0.3) is 5.91 Å². The zero-order valence-corrected chi connectivity index (χ0v) is 14.9. The molecule has 0 aromatic carbocycles. The Hall–Kier alpha value is -2.31. The number of carbonyl (C=O) groups is 3. The van der Waals surface area contributed by atoms with Crippen LogP contribution in [0.2, 0.25) is 0 Å². The summed E-state index contributed by atoms with van der Waals surface area (Å²) >= 11 is 0. The van der Waals surface area contributed by atoms with Gasteiger partial charge in [-0.1, -0.05) is 13.8 Å². The Bertz CT molecular complexity index is 602. The first-order valence-corrected chi connectivity index (χ1v) is 8.18. The lowest BCUT2D eigenvalue weighted by molar-refractivity contribution is -0.125. The van der Waals surface area contributed by atoms with Crippen molar-refractivity contribution in [2.24, 2.45) is 0 Å². The number of amides is 1. The second-order valence-electron chi connectivity index (χ2n) is 5.50. The van der Waals surface area contributed by atoms with E-state index in [9.17, 15) is 14.4 Å². The molecule has 0 atom stereocenters. The molecular weight excluding hydrogens is 312 g/mol. The first kappa shape index (κ1) is 19.7. The van der Waals surface area contributed by atoms with E-state index < -0.39 is 11.9 Å². The van der Waals surface area contributed by atoms with Gasteiger partial charge in [-0.25, -0.2) is 9.59 Å². The van der Waals surface area contributed by atoms with Crippen molar-refractivity contribution in [1.82, 2.24) is 10.3 Å². The van der Waals surface area contributed by atoms with Crippen LogP contribution in [-0.4, -0.2) is 42.1 Å². The van der Waals surface area contributed by atoms with Crippen LogP contribution in [0.4, 0.5) is 0 Å². The summed E-state index contributed by atoms with van der Waals surface area (Å²) in [6, 6.07) is 0.0716. The number of aromatic nitrogens is 1. The summed E-state index contributed by atoms with van der Waals surface area (Å²) in [6.07, 6.45) is 1.63. The molecule has 0 saturated heterocycles. The van der Waals surface area contributed by atoms with E-state index in [1.165, 1.54) is 0 Å². The van der Waals surface area contributed by atoms with E-state index in [2.05, 4.69) is 10.3 Å². The van der Waals surface area contributed by atoms with Crippen molar-refractivity contribution in [2.75, 3.05) is 13.2 Å². The van der Waals surface area contributed by atoms with Crippen LogP contribution in [0.1, 0.15) is 65.7 Å². The lowest BCUT2D eigenvalue weighted by Gasteiger charge is -2.14. The smallest absolute Gasteiger partial charge is 0.355 e. The average Bonchev–Trinajstić information content (AvgIpc) is 2.85. The first-order valence-electron chi connectivity index (χ1n) is 8.18. The van der Waals surface area contributed by atoms with Gasteiger partial charge in [-0.2, -0.15) is 0 Å². The zero-order valence-electron chi connectivity index (χ0n) is 14.9. The summed E-state index contributed by atoms with van der Waals surface area (Å²) in [6.45, 7) is 8.85. The molecule has 0 fully saturated rings. The van der Waals surface area contributed by atoms with Gasteiger partial charge < -0.3 is 19.8 Å². The molecule has 7 heteroatoms. The normalized spacial score (nSPS) is 10.6. The Morgan fingerprint density at radius 3 is 2.21 bits per heavy atom. The van der Waals surface area contributed by atoms with Crippen LogP contribution in [0.25, 0.3) is 0 Å². The second kappa shape index (κ2) is 9.10. The van der Waals surface area contributed by atoms with Crippen LogP contribution in [0.3, 0.4) is 0 Å². The summed E-state index contributed by atoms with van der Waals surface area (Å²) < 4.78 is 10.0. The highest BCUT2D eigenvalue weighted by Crippen LogP contribution is 2.19. The molecule has 7 nitrogen and oxygen atoms in total. The summed E-state index contributed by atoms with van der Waals surface area (Å²) in [5.41, 5.74) is 1.44. The number of hydrogen-bond acceptors (Lipinski definition) is 5. The molecule has 0 radical (unpaired) electrons. The minimum Gasteiger partial charge on any atom is -0.461 e. The Morgan fingerprint density at radius 2 is 1.67 bits per heavy atom. The average molecular weight is 338 g/mol. The molecule has 0 unspecified atom stereocenters. The molecule has 1 amide bonds. The van der Waals surface area contributed by atoms with Crippen molar-refractivity contribution in [3.8, 4) is 0 Å². The minimum absolute atomic E-state index is 0.0716. The van der Waals surface area contributed by atoms with E-state index in [0.29, 0.717) is 11.3 Å². The van der Waals surface area contributed by atoms with E-state index in [-0.39, 0.29) is 36.4 Å². The second-order valence-corrected chi connectivity index (χ2v) is 5.50. The number of esters is 2. The van der Waals surface area contributed by atoms with Gasteiger partial charge in [-0.3, -0.25) is 4.79 Å². The molecule has 1 aromatic heterocycles. The van der Waals surface area contributed by atoms with Crippen LogP contribution < -0.4 is 5.32 Å². The van der Waals surface area contributed by atoms with Crippen molar-refractivity contribution in [2.45, 2.75) is 53.5 Å². The third-order valence-corrected chi connectivity index (χ3v) is 3.81. The summed E-state index contributed by atoms with van der Waals surface area (Å²) in [7, 11) is 0. The van der Waals surface area contributed by atoms with Gasteiger partial charge in [0.2, 0.25) is 0 Å². The number of rotatable bonds is 8. The van der Waals surface area contributed by atoms with Gasteiger partial charge >= 0.3 is 11.9 Å². The quantitative estimate of drug-likeness (QED) is 0.709. The van der Waals surface area contributed by atoms with Gasteiger partial charge in [0.05, 0.1) is 12.2 Å². The number of aryl methyl sites for hydroxylation is 1. The lowest BCUT2D eigenvalue weighted by Crippen LogP contribution is -2.36. The van der Waals surface area contributed by atoms with E-state index in [4.69, 9.17) is 9.47 Å². The van der Waals surface area contributed by atoms with Gasteiger partial charge in [0.15, 0.2) is 6.61 Å². The summed E-state index contributed by atoms with van der Waals surface area (Å²) in [5.74, 6) is -1.51. The molecule has 0 saturated carbocycles. The highest BCUT2D eigenvalue weighted by atomic mass is 16.5. The standard InChI is InChI=1S/C17H26N2O5/c1-6-12(7-2)19-13(20)9-24-16(21)14-10(4)15(18-11(14)5)17(22)23-8-3/h12,18H,6-9H2,1-5H3,(H,19,20). The Morgan fingerprint density at radius 1 is 1.04 bits per heavy atom. The monoisotopic (exact) mass is 338 g/mol. The van der Waals surface area contributed by atoms with Crippen molar-refractivity contribution in [3.63, 3.8) is 0 Å². The first-order chi connectivity index (χ1) is 11.3. The molecule has 1 heterocycles. The molecular formula is C17H26N2O5. The topological polar surface area (TPSA) is 97.5 Å². The van der Waals surface area contributed by atoms with Crippen LogP contribution in [0.5, 0.6) is 0 Å². The van der Waals surface area contributed by atoms with Crippen LogP contribution in [0.15, 0.2) is 0 Å². The maximum atomic E-state index is 12.2. The van der Waals surface area contributed by atoms with Crippen molar-refractivity contribution >= 4 is 17.8 Å². The molecule has 0 aliphatic rings. The zero-order chi connectivity index (χ0) is 18.3. The van der Waals surface area contributed by atoms with Gasteiger partial charge in [-0.05, 0) is 39.2 Å². The Balaban J connectivity index is 2.75. The van der Waals surface area contributed by atoms with Crippen molar-refractivity contribution in [1.29, 1.82) is 0 Å². The maximum absolute atomic E-state index is 12.2. The van der Waals surface area contributed by atoms with Crippen LogP contribution in [-0.2, 0) is 14.3 Å². The molecule has 1 rings (SSSR count). The summed E-state index contributed by atoms with van der Waals surface area (Å²) in [4.78, 5) is 38.7. The number of H-pyrrole nitrogens is 1. The molecule has 0 aliphatic carbocycles. The number of carbonyl (C=O) groups excluding carboxylic acids is 3. The number of ether oxygens (including phenoxy) is 2. The Labute approximate surface area is 142 Å². The molecule has 0 aliphatic heterocycles. The van der Waals surface area contributed by atoms with Gasteiger partial charge in [0.1, 0.15) is 5.69 Å². The largest absolute Gasteiger partial charge is 0.461 e. The van der Waals surface area contributed by atoms with E-state index in [1.807, 2.05) is 13.8 Å². The fraction of sp³-hybridized carbons (Fsp3) is 0.588. The predicted octanol–water partition coefficient (Wildman–Crippen LogP) is 2.27. The minimum atomic E-state index is -0.642. The van der Waals surface area contributed by atoms with E-state index in [0.717, 1.165) is 12.8 Å². The number of nitrogens with one attached hydrogen (secondary N) is 2. The predicted molar refractivity (Wildman–Crippen MR) is 89.0 cm³/mol. The highest BCUT2D eigenvalue weighted by Gasteiger charge is 2.24. The lowest BCUT2D eigenvalue weighted by atomic mass is 10.1. The molecule has 2 N–H and O–H groups in total. The van der Waals surface area contributed by atoms with Gasteiger partial charge in [-0.15, -0.1) is 0 Å². The molecule has 24 heavy (non-hydrogen) atoms. The van der Waals surface area contributed by atoms with Crippen LogP contribution in [0, 0.1) is 13.8 Å². The van der Waals surface area contributed by atoms with Gasteiger partial charge in [0, 0.05) is 11.7 Å². The van der Waals surface area contributed by atoms with Crippen molar-refractivity contribution in [3.05, 3.63) is 22.5 Å². The molecule has 1 aromatic rings.